The average Bonchev–Trinajstić information content (AvgIpc) is 3.59. The molecular weight excluding hydrogens is 492 g/mol. The van der Waals surface area contributed by atoms with Gasteiger partial charge in [0.25, 0.3) is 5.91 Å². The van der Waals surface area contributed by atoms with Crippen molar-refractivity contribution in [3.05, 3.63) is 28.9 Å². The number of likely N-dealkylation sites (tertiary alicyclic amines) is 1. The first-order valence-corrected chi connectivity index (χ1v) is 13.4. The number of Topliss-reactive ketones (excluding diaryl/α,β-unsaturated/α-hetero) is 1. The molecule has 1 aromatic carbocycles. The highest BCUT2D eigenvalue weighted by Crippen LogP contribution is 2.44. The van der Waals surface area contributed by atoms with E-state index in [1.165, 1.54) is 0 Å². The van der Waals surface area contributed by atoms with E-state index >= 15 is 0 Å². The maximum Gasteiger partial charge on any atom is 0.271 e. The molecule has 37 heavy (non-hydrogen) atoms. The van der Waals surface area contributed by atoms with Crippen LogP contribution in [0.25, 0.3) is 10.9 Å². The number of nitriles is 1. The number of hydrogen-bond donors (Lipinski definition) is 2. The number of aromatic nitrogens is 1. The monoisotopic (exact) mass is 524 g/mol. The highest BCUT2D eigenvalue weighted by Gasteiger charge is 2.50. The molecule has 8 nitrogen and oxygen atoms in total. The van der Waals surface area contributed by atoms with Gasteiger partial charge < -0.3 is 19.9 Å². The van der Waals surface area contributed by atoms with Crippen LogP contribution in [0, 0.1) is 34.5 Å². The van der Waals surface area contributed by atoms with Crippen molar-refractivity contribution in [2.75, 3.05) is 13.7 Å². The average molecular weight is 525 g/mol. The summed E-state index contributed by atoms with van der Waals surface area (Å²) in [6.45, 7) is 4.61. The number of ketones is 1. The zero-order valence-corrected chi connectivity index (χ0v) is 22.2. The van der Waals surface area contributed by atoms with E-state index in [1.54, 1.807) is 30.2 Å². The quantitative estimate of drug-likeness (QED) is 0.578. The maximum atomic E-state index is 13.7. The lowest BCUT2D eigenvalue weighted by molar-refractivity contribution is -0.127. The fourth-order valence-corrected chi connectivity index (χ4v) is 7.04. The summed E-state index contributed by atoms with van der Waals surface area (Å²) in [4.78, 5) is 44.6. The number of methoxy groups -OCH3 is 1. The topological polar surface area (TPSA) is 115 Å². The van der Waals surface area contributed by atoms with Crippen molar-refractivity contribution in [2.24, 2.45) is 23.2 Å². The fraction of sp³-hybridized carbons (Fsp3) is 0.571. The van der Waals surface area contributed by atoms with Gasteiger partial charge in [-0.2, -0.15) is 5.26 Å². The molecule has 3 fully saturated rings. The molecule has 2 amide bonds. The van der Waals surface area contributed by atoms with E-state index in [9.17, 15) is 19.6 Å². The summed E-state index contributed by atoms with van der Waals surface area (Å²) < 4.78 is 5.43. The molecule has 2 saturated carbocycles. The number of rotatable bonds is 6. The van der Waals surface area contributed by atoms with Crippen molar-refractivity contribution in [2.45, 2.75) is 64.5 Å². The molecule has 2 N–H and O–H groups in total. The highest BCUT2D eigenvalue weighted by atomic mass is 35.5. The summed E-state index contributed by atoms with van der Waals surface area (Å²) in [6.07, 6.45) is 4.39. The van der Waals surface area contributed by atoms with Crippen LogP contribution in [0.2, 0.25) is 5.02 Å². The van der Waals surface area contributed by atoms with Crippen LogP contribution in [0.1, 0.15) is 62.9 Å². The van der Waals surface area contributed by atoms with Gasteiger partial charge in [0.1, 0.15) is 29.3 Å². The Morgan fingerprint density at radius 1 is 1.32 bits per heavy atom. The van der Waals surface area contributed by atoms with E-state index in [1.807, 2.05) is 0 Å². The van der Waals surface area contributed by atoms with Gasteiger partial charge >= 0.3 is 0 Å². The molecule has 0 bridgehead atoms. The first kappa shape index (κ1) is 25.6. The number of ether oxygens (including phenoxy) is 1. The van der Waals surface area contributed by atoms with Crippen LogP contribution in [0.3, 0.4) is 0 Å². The zero-order chi connectivity index (χ0) is 26.5. The molecule has 2 aliphatic carbocycles. The number of aromatic amines is 1. The van der Waals surface area contributed by atoms with Crippen LogP contribution in [-0.4, -0.2) is 53.2 Å². The Balaban J connectivity index is 1.37. The van der Waals surface area contributed by atoms with Crippen LogP contribution < -0.4 is 10.1 Å². The van der Waals surface area contributed by atoms with E-state index in [0.717, 1.165) is 24.6 Å². The molecular formula is C28H33ClN4O4. The molecule has 5 atom stereocenters. The van der Waals surface area contributed by atoms with Crippen LogP contribution in [0.5, 0.6) is 5.75 Å². The van der Waals surface area contributed by atoms with Crippen molar-refractivity contribution < 1.29 is 19.1 Å². The first-order chi connectivity index (χ1) is 17.6. The second-order valence-electron chi connectivity index (χ2n) is 11.6. The molecule has 196 valence electrons. The number of nitrogens with zero attached hydrogens (tertiary/aromatic N) is 2. The number of nitrogens with one attached hydrogen (secondary N) is 2. The van der Waals surface area contributed by atoms with Crippen LogP contribution in [0.15, 0.2) is 18.2 Å². The van der Waals surface area contributed by atoms with Gasteiger partial charge in [-0.05, 0) is 61.1 Å². The van der Waals surface area contributed by atoms with Crippen LogP contribution >= 0.6 is 11.6 Å². The summed E-state index contributed by atoms with van der Waals surface area (Å²) in [6, 6.07) is 5.93. The summed E-state index contributed by atoms with van der Waals surface area (Å²) in [5.41, 5.74) is 0.968. The van der Waals surface area contributed by atoms with E-state index in [0.29, 0.717) is 47.8 Å². The number of halogens is 1. The van der Waals surface area contributed by atoms with Crippen molar-refractivity contribution in [3.8, 4) is 11.8 Å². The molecule has 9 heteroatoms. The lowest BCUT2D eigenvalue weighted by atomic mass is 9.89. The predicted octanol–water partition coefficient (Wildman–Crippen LogP) is 4.47. The van der Waals surface area contributed by atoms with Gasteiger partial charge in [0, 0.05) is 29.3 Å². The van der Waals surface area contributed by atoms with Gasteiger partial charge in [0.05, 0.1) is 18.7 Å². The second-order valence-corrected chi connectivity index (χ2v) is 12.1. The van der Waals surface area contributed by atoms with Gasteiger partial charge in [-0.15, -0.1) is 0 Å². The summed E-state index contributed by atoms with van der Waals surface area (Å²) in [7, 11) is 1.55. The third kappa shape index (κ3) is 4.82. The van der Waals surface area contributed by atoms with E-state index in [4.69, 9.17) is 16.3 Å². The molecule has 2 heterocycles. The van der Waals surface area contributed by atoms with Gasteiger partial charge in [-0.3, -0.25) is 14.4 Å². The van der Waals surface area contributed by atoms with Crippen molar-refractivity contribution in [1.29, 1.82) is 5.26 Å². The summed E-state index contributed by atoms with van der Waals surface area (Å²) in [5, 5.41) is 13.9. The number of H-pyrrole nitrogens is 1. The third-order valence-corrected chi connectivity index (χ3v) is 8.65. The third-order valence-electron chi connectivity index (χ3n) is 8.43. The van der Waals surface area contributed by atoms with Crippen molar-refractivity contribution in [3.63, 3.8) is 0 Å². The summed E-state index contributed by atoms with van der Waals surface area (Å²) in [5.74, 6) is 0.235. The SMILES string of the molecule is COc1cc(Cl)cc2[nH]c(C(=O)N3CC4CCCC4C3C(=O)NC(C#N)CC3CC(C)(C)CC3=O)cc12. The fourth-order valence-electron chi connectivity index (χ4n) is 6.83. The Morgan fingerprint density at radius 2 is 2.11 bits per heavy atom. The smallest absolute Gasteiger partial charge is 0.271 e. The number of carbonyl (C=O) groups is 3. The predicted molar refractivity (Wildman–Crippen MR) is 139 cm³/mol. The number of fused-ring (bicyclic) bond motifs is 2. The molecule has 1 aromatic heterocycles. The zero-order valence-electron chi connectivity index (χ0n) is 21.5. The molecule has 0 spiro atoms. The van der Waals surface area contributed by atoms with Gasteiger partial charge in [0.15, 0.2) is 0 Å². The lowest BCUT2D eigenvalue weighted by Gasteiger charge is -2.28. The first-order valence-electron chi connectivity index (χ1n) is 13.0. The normalized spacial score (nSPS) is 27.2. The molecule has 2 aromatic rings. The summed E-state index contributed by atoms with van der Waals surface area (Å²) >= 11 is 6.20. The Bertz CT molecular complexity index is 1300. The van der Waals surface area contributed by atoms with Gasteiger partial charge in [-0.25, -0.2) is 0 Å². The number of amides is 2. The lowest BCUT2D eigenvalue weighted by Crippen LogP contribution is -2.51. The van der Waals surface area contributed by atoms with Crippen molar-refractivity contribution >= 4 is 40.1 Å². The molecule has 5 unspecified atom stereocenters. The van der Waals surface area contributed by atoms with Gasteiger partial charge in [0.2, 0.25) is 5.91 Å². The van der Waals surface area contributed by atoms with E-state index in [2.05, 4.69) is 30.2 Å². The van der Waals surface area contributed by atoms with Crippen LogP contribution in [0.4, 0.5) is 0 Å². The minimum Gasteiger partial charge on any atom is -0.496 e. The molecule has 3 aliphatic rings. The van der Waals surface area contributed by atoms with Gasteiger partial charge in [-0.1, -0.05) is 31.9 Å². The molecule has 0 radical (unpaired) electrons. The highest BCUT2D eigenvalue weighted by molar-refractivity contribution is 6.31. The number of benzene rings is 1. The van der Waals surface area contributed by atoms with Crippen LogP contribution in [-0.2, 0) is 9.59 Å². The molecule has 1 aliphatic heterocycles. The largest absolute Gasteiger partial charge is 0.496 e. The Hall–Kier alpha value is -3.05. The Kier molecular flexibility index (Phi) is 6.70. The second kappa shape index (κ2) is 9.68. The Morgan fingerprint density at radius 3 is 2.78 bits per heavy atom. The Labute approximate surface area is 221 Å². The van der Waals surface area contributed by atoms with E-state index in [-0.39, 0.29) is 40.8 Å². The number of hydrogen-bond acceptors (Lipinski definition) is 5. The minimum absolute atomic E-state index is 0.0590. The molecule has 5 rings (SSSR count). The molecule has 1 saturated heterocycles. The van der Waals surface area contributed by atoms with E-state index < -0.39 is 12.1 Å². The van der Waals surface area contributed by atoms with Crippen molar-refractivity contribution in [1.82, 2.24) is 15.2 Å². The maximum absolute atomic E-state index is 13.7. The minimum atomic E-state index is -0.771. The standard InChI is InChI=1S/C28H33ClN4O4/c1-28(2)11-16(23(34)12-28)7-18(13-30)31-26(35)25-19-6-4-5-15(19)14-33(25)27(36)22-10-20-21(32-22)8-17(29)9-24(20)37-3/h8-10,15-16,18-19,25,32H,4-7,11-12,14H2,1-3H3,(H,31,35). The number of carbonyl (C=O) groups excluding carboxylic acids is 3.